The minimum Gasteiger partial charge on any atom is -0.381 e. The molecule has 0 aromatic heterocycles. The van der Waals surface area contributed by atoms with Crippen LogP contribution >= 0.6 is 0 Å². The van der Waals surface area contributed by atoms with Gasteiger partial charge in [-0.3, -0.25) is 4.79 Å². The maximum absolute atomic E-state index is 12.5. The van der Waals surface area contributed by atoms with E-state index in [1.54, 1.807) is 7.11 Å². The van der Waals surface area contributed by atoms with Crippen LogP contribution in [0.4, 0.5) is 0 Å². The summed E-state index contributed by atoms with van der Waals surface area (Å²) in [7, 11) is 1.72. The van der Waals surface area contributed by atoms with Crippen LogP contribution in [-0.2, 0) is 14.3 Å². The number of methoxy groups -OCH3 is 1. The first-order chi connectivity index (χ1) is 8.65. The van der Waals surface area contributed by atoms with Gasteiger partial charge in [-0.2, -0.15) is 0 Å². The smallest absolute Gasteiger partial charge is 0.228 e. The fourth-order valence-corrected chi connectivity index (χ4v) is 2.97. The van der Waals surface area contributed by atoms with Gasteiger partial charge in [-0.05, 0) is 26.2 Å². The van der Waals surface area contributed by atoms with Crippen LogP contribution in [0.25, 0.3) is 0 Å². The van der Waals surface area contributed by atoms with E-state index in [9.17, 15) is 4.79 Å². The van der Waals surface area contributed by atoms with Gasteiger partial charge in [0, 0.05) is 26.2 Å². The van der Waals surface area contributed by atoms with E-state index in [0.29, 0.717) is 13.2 Å². The summed E-state index contributed by atoms with van der Waals surface area (Å²) >= 11 is 0. The minimum absolute atomic E-state index is 0.0214. The Morgan fingerprint density at radius 3 is 2.83 bits per heavy atom. The van der Waals surface area contributed by atoms with E-state index in [0.717, 1.165) is 25.8 Å². The molecule has 2 aliphatic rings. The highest BCUT2D eigenvalue weighted by atomic mass is 16.5. The van der Waals surface area contributed by atoms with Gasteiger partial charge in [0.2, 0.25) is 5.91 Å². The van der Waals surface area contributed by atoms with Gasteiger partial charge < -0.3 is 20.1 Å². The predicted octanol–water partition coefficient (Wildman–Crippen LogP) is 0.376. The molecule has 2 aliphatic heterocycles. The summed E-state index contributed by atoms with van der Waals surface area (Å²) in [6.45, 7) is 3.84. The lowest BCUT2D eigenvalue weighted by atomic mass is 9.96. The zero-order valence-corrected chi connectivity index (χ0v) is 11.3. The molecule has 5 nitrogen and oxygen atoms in total. The van der Waals surface area contributed by atoms with Gasteiger partial charge in [-0.1, -0.05) is 0 Å². The molecule has 2 N–H and O–H groups in total. The Hall–Kier alpha value is -0.650. The molecule has 2 rings (SSSR count). The normalized spacial score (nSPS) is 36.9. The highest BCUT2D eigenvalue weighted by Gasteiger charge is 2.37. The third kappa shape index (κ3) is 2.84. The van der Waals surface area contributed by atoms with E-state index in [2.05, 4.69) is 0 Å². The summed E-state index contributed by atoms with van der Waals surface area (Å²) in [5.41, 5.74) is 5.79. The Kier molecular flexibility index (Phi) is 4.59. The van der Waals surface area contributed by atoms with Crippen molar-refractivity contribution in [1.29, 1.82) is 0 Å². The average molecular weight is 256 g/mol. The largest absolute Gasteiger partial charge is 0.381 e. The fourth-order valence-electron chi connectivity index (χ4n) is 2.97. The number of ether oxygens (including phenoxy) is 2. The second kappa shape index (κ2) is 5.99. The Bertz CT molecular complexity index is 298. The molecule has 0 aromatic carbocycles. The third-order valence-corrected chi connectivity index (χ3v) is 4.10. The molecular formula is C13H24N2O3. The number of nitrogens with zero attached hydrogens (tertiary/aromatic N) is 1. The van der Waals surface area contributed by atoms with Crippen molar-refractivity contribution in [2.45, 2.75) is 44.4 Å². The highest BCUT2D eigenvalue weighted by molar-refractivity contribution is 5.79. The summed E-state index contributed by atoms with van der Waals surface area (Å²) in [6.07, 6.45) is 3.03. The number of nitrogens with two attached hydrogens (primary N) is 1. The summed E-state index contributed by atoms with van der Waals surface area (Å²) in [4.78, 5) is 14.4. The molecule has 0 bridgehead atoms. The molecule has 1 amide bonds. The summed E-state index contributed by atoms with van der Waals surface area (Å²) < 4.78 is 10.9. The van der Waals surface area contributed by atoms with Crippen LogP contribution in [0.1, 0.15) is 26.2 Å². The first kappa shape index (κ1) is 13.8. The maximum Gasteiger partial charge on any atom is 0.228 e. The van der Waals surface area contributed by atoms with Crippen LogP contribution in [0, 0.1) is 5.92 Å². The number of rotatable bonds is 3. The molecular weight excluding hydrogens is 232 g/mol. The molecule has 0 saturated carbocycles. The molecule has 4 unspecified atom stereocenters. The quantitative estimate of drug-likeness (QED) is 0.792. The Balaban J connectivity index is 1.96. The van der Waals surface area contributed by atoms with Crippen molar-refractivity contribution in [3.8, 4) is 0 Å². The lowest BCUT2D eigenvalue weighted by Crippen LogP contribution is -2.53. The van der Waals surface area contributed by atoms with Crippen LogP contribution in [0.2, 0.25) is 0 Å². The second-order valence-electron chi connectivity index (χ2n) is 5.38. The summed E-state index contributed by atoms with van der Waals surface area (Å²) in [5.74, 6) is 0.234. The molecule has 5 heteroatoms. The molecule has 0 aromatic rings. The van der Waals surface area contributed by atoms with Crippen LogP contribution in [0.15, 0.2) is 0 Å². The number of carbonyl (C=O) groups excluding carboxylic acids is 1. The van der Waals surface area contributed by atoms with E-state index < -0.39 is 0 Å². The molecule has 2 heterocycles. The van der Waals surface area contributed by atoms with Crippen LogP contribution in [-0.4, -0.2) is 55.9 Å². The van der Waals surface area contributed by atoms with Crippen molar-refractivity contribution in [3.63, 3.8) is 0 Å². The maximum atomic E-state index is 12.5. The highest BCUT2D eigenvalue weighted by Crippen LogP contribution is 2.26. The van der Waals surface area contributed by atoms with Crippen LogP contribution in [0.5, 0.6) is 0 Å². The number of hydrogen-bond donors (Lipinski definition) is 1. The summed E-state index contributed by atoms with van der Waals surface area (Å²) in [5, 5.41) is 0. The van der Waals surface area contributed by atoms with Crippen LogP contribution in [0.3, 0.4) is 0 Å². The van der Waals surface area contributed by atoms with Crippen molar-refractivity contribution in [3.05, 3.63) is 0 Å². The van der Waals surface area contributed by atoms with Crippen molar-refractivity contribution in [1.82, 2.24) is 4.90 Å². The van der Waals surface area contributed by atoms with E-state index in [1.165, 1.54) is 0 Å². The molecule has 18 heavy (non-hydrogen) atoms. The Labute approximate surface area is 109 Å². The van der Waals surface area contributed by atoms with Crippen molar-refractivity contribution < 1.29 is 14.3 Å². The van der Waals surface area contributed by atoms with Gasteiger partial charge >= 0.3 is 0 Å². The van der Waals surface area contributed by atoms with Gasteiger partial charge in [0.15, 0.2) is 0 Å². The molecule has 2 saturated heterocycles. The van der Waals surface area contributed by atoms with Gasteiger partial charge in [0.05, 0.1) is 24.7 Å². The molecule has 0 spiro atoms. The van der Waals surface area contributed by atoms with Gasteiger partial charge in [-0.15, -0.1) is 0 Å². The van der Waals surface area contributed by atoms with E-state index in [4.69, 9.17) is 15.2 Å². The van der Waals surface area contributed by atoms with E-state index >= 15 is 0 Å². The number of carbonyl (C=O) groups is 1. The SMILES string of the molecule is COC1CCN(C(=O)C2COC(C)C2)C(CN)C1. The molecule has 2 fully saturated rings. The fraction of sp³-hybridized carbons (Fsp3) is 0.923. The minimum atomic E-state index is 0.0214. The first-order valence-corrected chi connectivity index (χ1v) is 6.80. The lowest BCUT2D eigenvalue weighted by molar-refractivity contribution is -0.141. The van der Waals surface area contributed by atoms with Crippen LogP contribution < -0.4 is 5.73 Å². The Morgan fingerprint density at radius 1 is 1.50 bits per heavy atom. The van der Waals surface area contributed by atoms with Crippen molar-refractivity contribution in [2.75, 3.05) is 26.8 Å². The molecule has 0 aliphatic carbocycles. The lowest BCUT2D eigenvalue weighted by Gasteiger charge is -2.39. The Morgan fingerprint density at radius 2 is 2.28 bits per heavy atom. The number of likely N-dealkylation sites (tertiary alicyclic amines) is 1. The monoisotopic (exact) mass is 256 g/mol. The second-order valence-corrected chi connectivity index (χ2v) is 5.38. The average Bonchev–Trinajstić information content (AvgIpc) is 2.83. The first-order valence-electron chi connectivity index (χ1n) is 6.80. The molecule has 4 atom stereocenters. The van der Waals surface area contributed by atoms with E-state index in [1.807, 2.05) is 11.8 Å². The number of piperidine rings is 1. The van der Waals surface area contributed by atoms with Crippen molar-refractivity contribution >= 4 is 5.91 Å². The van der Waals surface area contributed by atoms with E-state index in [-0.39, 0.29) is 30.1 Å². The predicted molar refractivity (Wildman–Crippen MR) is 68.1 cm³/mol. The third-order valence-electron chi connectivity index (χ3n) is 4.10. The summed E-state index contributed by atoms with van der Waals surface area (Å²) in [6, 6.07) is 0.118. The zero-order chi connectivity index (χ0) is 13.1. The standard InChI is InChI=1S/C13H24N2O3/c1-9-5-10(8-18-9)13(16)15-4-3-12(17-2)6-11(15)7-14/h9-12H,3-8,14H2,1-2H3. The van der Waals surface area contributed by atoms with Crippen molar-refractivity contribution in [2.24, 2.45) is 11.7 Å². The zero-order valence-electron chi connectivity index (χ0n) is 11.3. The van der Waals surface area contributed by atoms with Gasteiger partial charge in [-0.25, -0.2) is 0 Å². The number of amides is 1. The molecule has 0 radical (unpaired) electrons. The number of hydrogen-bond acceptors (Lipinski definition) is 4. The topological polar surface area (TPSA) is 64.8 Å². The molecule has 104 valence electrons. The van der Waals surface area contributed by atoms with Gasteiger partial charge in [0.25, 0.3) is 0 Å². The van der Waals surface area contributed by atoms with Gasteiger partial charge in [0.1, 0.15) is 0 Å².